The molecule has 1 aromatic heterocycles. The number of carbonyl (C=O) groups is 1. The fraction of sp³-hybridized carbons (Fsp3) is 0.500. The highest BCUT2D eigenvalue weighted by Crippen LogP contribution is 2.27. The molecule has 32 heavy (non-hydrogen) atoms. The number of likely N-dealkylation sites (tertiary alicyclic amines) is 2. The van der Waals surface area contributed by atoms with Gasteiger partial charge in [-0.15, -0.1) is 0 Å². The summed E-state index contributed by atoms with van der Waals surface area (Å²) in [6.45, 7) is 4.27. The van der Waals surface area contributed by atoms with Gasteiger partial charge in [0.15, 0.2) is 0 Å². The van der Waals surface area contributed by atoms with Gasteiger partial charge in [-0.3, -0.25) is 14.7 Å². The zero-order valence-electron chi connectivity index (χ0n) is 18.0. The fourth-order valence-electron chi connectivity index (χ4n) is 4.92. The van der Waals surface area contributed by atoms with Crippen LogP contribution < -0.4 is 5.32 Å². The van der Waals surface area contributed by atoms with E-state index in [4.69, 9.17) is 9.47 Å². The van der Waals surface area contributed by atoms with Crippen molar-refractivity contribution < 1.29 is 18.7 Å². The van der Waals surface area contributed by atoms with E-state index >= 15 is 0 Å². The number of carbonyl (C=O) groups excluding carboxylic acids is 1. The second kappa shape index (κ2) is 9.52. The van der Waals surface area contributed by atoms with Gasteiger partial charge in [-0.1, -0.05) is 6.07 Å². The van der Waals surface area contributed by atoms with Crippen LogP contribution in [0.5, 0.6) is 0 Å². The first-order valence-electron chi connectivity index (χ1n) is 11.3. The SMILES string of the molecule is O=C(c1cccnc1)N1CCC(N2C[C@@H]3OCC(Nc4cccc(F)c4)CO[C@H]3C2)CC1. The Balaban J connectivity index is 1.10. The molecule has 0 aliphatic carbocycles. The monoisotopic (exact) mass is 440 g/mol. The van der Waals surface area contributed by atoms with E-state index in [1.165, 1.54) is 12.1 Å². The summed E-state index contributed by atoms with van der Waals surface area (Å²) in [6.07, 6.45) is 5.31. The van der Waals surface area contributed by atoms with Crippen molar-refractivity contribution in [2.24, 2.45) is 0 Å². The maximum absolute atomic E-state index is 13.4. The summed E-state index contributed by atoms with van der Waals surface area (Å²) in [6, 6.07) is 10.5. The molecule has 2 aromatic rings. The molecule has 170 valence electrons. The van der Waals surface area contributed by atoms with Gasteiger partial charge in [0.05, 0.1) is 37.0 Å². The number of ether oxygens (including phenoxy) is 2. The van der Waals surface area contributed by atoms with Crippen LogP contribution in [0.3, 0.4) is 0 Å². The first kappa shape index (κ1) is 21.3. The highest BCUT2D eigenvalue weighted by Gasteiger charge is 2.40. The number of amides is 1. The average Bonchev–Trinajstić information content (AvgIpc) is 3.15. The lowest BCUT2D eigenvalue weighted by atomic mass is 10.0. The van der Waals surface area contributed by atoms with E-state index in [2.05, 4.69) is 15.2 Å². The Morgan fingerprint density at radius 2 is 1.81 bits per heavy atom. The molecule has 0 radical (unpaired) electrons. The lowest BCUT2D eigenvalue weighted by Crippen LogP contribution is -2.46. The molecule has 1 N–H and O–H groups in total. The number of pyridine rings is 1. The molecule has 8 heteroatoms. The van der Waals surface area contributed by atoms with Gasteiger partial charge < -0.3 is 19.7 Å². The van der Waals surface area contributed by atoms with Crippen molar-refractivity contribution in [3.63, 3.8) is 0 Å². The number of aromatic nitrogens is 1. The highest BCUT2D eigenvalue weighted by atomic mass is 19.1. The number of piperidine rings is 1. The number of hydrogen-bond donors (Lipinski definition) is 1. The van der Waals surface area contributed by atoms with Crippen molar-refractivity contribution in [3.05, 3.63) is 60.2 Å². The lowest BCUT2D eigenvalue weighted by molar-refractivity contribution is -0.00461. The summed E-state index contributed by atoms with van der Waals surface area (Å²) in [5.74, 6) is -0.196. The van der Waals surface area contributed by atoms with Gasteiger partial charge in [0.25, 0.3) is 5.91 Å². The molecule has 1 aromatic carbocycles. The molecule has 0 spiro atoms. The summed E-state index contributed by atoms with van der Waals surface area (Å²) in [5, 5.41) is 3.31. The van der Waals surface area contributed by atoms with Crippen LogP contribution in [-0.4, -0.2) is 84.4 Å². The molecular weight excluding hydrogens is 411 g/mol. The summed E-state index contributed by atoms with van der Waals surface area (Å²) in [4.78, 5) is 21.1. The zero-order chi connectivity index (χ0) is 21.9. The lowest BCUT2D eigenvalue weighted by Gasteiger charge is -2.36. The summed E-state index contributed by atoms with van der Waals surface area (Å²) >= 11 is 0. The molecule has 4 heterocycles. The Bertz CT molecular complexity index is 906. The molecule has 3 aliphatic rings. The van der Waals surface area contributed by atoms with Crippen LogP contribution in [0.1, 0.15) is 23.2 Å². The van der Waals surface area contributed by atoms with E-state index in [0.29, 0.717) is 24.8 Å². The van der Waals surface area contributed by atoms with Crippen LogP contribution in [0.15, 0.2) is 48.8 Å². The topological polar surface area (TPSA) is 66.9 Å². The molecule has 3 saturated heterocycles. The van der Waals surface area contributed by atoms with Gasteiger partial charge in [0.1, 0.15) is 5.82 Å². The molecular formula is C24H29FN4O3. The molecule has 0 unspecified atom stereocenters. The van der Waals surface area contributed by atoms with E-state index < -0.39 is 0 Å². The smallest absolute Gasteiger partial charge is 0.255 e. The van der Waals surface area contributed by atoms with E-state index in [1.54, 1.807) is 24.5 Å². The molecule has 7 nitrogen and oxygen atoms in total. The summed E-state index contributed by atoms with van der Waals surface area (Å²) in [7, 11) is 0. The Labute approximate surface area is 187 Å². The number of halogens is 1. The molecule has 0 saturated carbocycles. The van der Waals surface area contributed by atoms with Crippen LogP contribution in [0, 0.1) is 5.82 Å². The van der Waals surface area contributed by atoms with Gasteiger partial charge >= 0.3 is 0 Å². The number of nitrogens with zero attached hydrogens (tertiary/aromatic N) is 3. The van der Waals surface area contributed by atoms with Crippen molar-refractivity contribution in [2.75, 3.05) is 44.7 Å². The van der Waals surface area contributed by atoms with Crippen LogP contribution in [0.25, 0.3) is 0 Å². The Hall–Kier alpha value is -2.55. The van der Waals surface area contributed by atoms with E-state index in [9.17, 15) is 9.18 Å². The summed E-state index contributed by atoms with van der Waals surface area (Å²) in [5.41, 5.74) is 1.39. The molecule has 1 amide bonds. The first-order valence-corrected chi connectivity index (χ1v) is 11.3. The number of hydrogen-bond acceptors (Lipinski definition) is 6. The third kappa shape index (κ3) is 4.77. The number of fused-ring (bicyclic) bond motifs is 1. The van der Waals surface area contributed by atoms with E-state index in [0.717, 1.165) is 44.7 Å². The normalized spacial score (nSPS) is 25.3. The molecule has 3 aliphatic heterocycles. The number of benzene rings is 1. The van der Waals surface area contributed by atoms with Gasteiger partial charge in [0.2, 0.25) is 0 Å². The van der Waals surface area contributed by atoms with Crippen LogP contribution in [-0.2, 0) is 9.47 Å². The van der Waals surface area contributed by atoms with Crippen LogP contribution in [0.4, 0.5) is 10.1 Å². The number of nitrogens with one attached hydrogen (secondary N) is 1. The number of rotatable bonds is 4. The minimum absolute atomic E-state index is 0.00224. The average molecular weight is 441 g/mol. The van der Waals surface area contributed by atoms with E-state index in [-0.39, 0.29) is 30.0 Å². The predicted molar refractivity (Wildman–Crippen MR) is 118 cm³/mol. The maximum atomic E-state index is 13.4. The zero-order valence-corrected chi connectivity index (χ0v) is 18.0. The van der Waals surface area contributed by atoms with Crippen molar-refractivity contribution in [2.45, 2.75) is 37.1 Å². The largest absolute Gasteiger partial charge is 0.378 e. The van der Waals surface area contributed by atoms with Gasteiger partial charge in [-0.2, -0.15) is 0 Å². The van der Waals surface area contributed by atoms with Gasteiger partial charge in [-0.05, 0) is 43.2 Å². The van der Waals surface area contributed by atoms with Gasteiger partial charge in [-0.25, -0.2) is 4.39 Å². The third-order valence-electron chi connectivity index (χ3n) is 6.64. The molecule has 0 bridgehead atoms. The van der Waals surface area contributed by atoms with Crippen molar-refractivity contribution >= 4 is 11.6 Å². The minimum Gasteiger partial charge on any atom is -0.378 e. The second-order valence-electron chi connectivity index (χ2n) is 8.81. The fourth-order valence-corrected chi connectivity index (χ4v) is 4.92. The Kier molecular flexibility index (Phi) is 6.34. The maximum Gasteiger partial charge on any atom is 0.255 e. The Morgan fingerprint density at radius 1 is 1.06 bits per heavy atom. The first-order chi connectivity index (χ1) is 15.7. The van der Waals surface area contributed by atoms with Crippen molar-refractivity contribution in [3.8, 4) is 0 Å². The highest BCUT2D eigenvalue weighted by molar-refractivity contribution is 5.93. The molecule has 3 fully saturated rings. The van der Waals surface area contributed by atoms with Crippen molar-refractivity contribution in [1.29, 1.82) is 0 Å². The standard InChI is InChI=1S/C24H29FN4O3/c25-18-4-1-5-19(11-18)27-20-15-31-22-13-29(14-23(22)32-16-20)21-6-9-28(10-7-21)24(30)17-3-2-8-26-12-17/h1-5,8,11-12,20-23,27H,6-7,9-10,13-16H2/t22-,23-/m0/s1. The predicted octanol–water partition coefficient (Wildman–Crippen LogP) is 2.41. The molecule has 5 rings (SSSR count). The number of anilines is 1. The molecule has 2 atom stereocenters. The van der Waals surface area contributed by atoms with Crippen molar-refractivity contribution in [1.82, 2.24) is 14.8 Å². The van der Waals surface area contributed by atoms with Gasteiger partial charge in [0, 0.05) is 50.3 Å². The Morgan fingerprint density at radius 3 is 2.47 bits per heavy atom. The van der Waals surface area contributed by atoms with Crippen LogP contribution in [0.2, 0.25) is 0 Å². The third-order valence-corrected chi connectivity index (χ3v) is 6.64. The quantitative estimate of drug-likeness (QED) is 0.788. The summed E-state index contributed by atoms with van der Waals surface area (Å²) < 4.78 is 25.8. The van der Waals surface area contributed by atoms with E-state index in [1.807, 2.05) is 17.0 Å². The van der Waals surface area contributed by atoms with Crippen LogP contribution >= 0.6 is 0 Å². The minimum atomic E-state index is -0.258. The second-order valence-corrected chi connectivity index (χ2v) is 8.81.